The monoisotopic (exact) mass is 329 g/mol. The van der Waals surface area contributed by atoms with Crippen LogP contribution < -0.4 is 5.32 Å². The number of rotatable bonds is 4. The SMILES string of the molecule is C.C[C@H](Cc1cccs1)NC(=O)c1cccc(C(F)(F)F)c1. The number of amides is 1. The normalized spacial score (nSPS) is 12.4. The molecule has 120 valence electrons. The summed E-state index contributed by atoms with van der Waals surface area (Å²) in [6.07, 6.45) is -3.79. The van der Waals surface area contributed by atoms with Crippen molar-refractivity contribution < 1.29 is 18.0 Å². The molecule has 0 unspecified atom stereocenters. The van der Waals surface area contributed by atoms with E-state index in [-0.39, 0.29) is 19.0 Å². The third kappa shape index (κ3) is 4.87. The summed E-state index contributed by atoms with van der Waals surface area (Å²) in [5, 5.41) is 4.65. The summed E-state index contributed by atoms with van der Waals surface area (Å²) in [6.45, 7) is 1.82. The summed E-state index contributed by atoms with van der Waals surface area (Å²) in [4.78, 5) is 13.1. The summed E-state index contributed by atoms with van der Waals surface area (Å²) in [5.74, 6) is -0.495. The second kappa shape index (κ2) is 7.45. The van der Waals surface area contributed by atoms with Crippen LogP contribution in [0.5, 0.6) is 0 Å². The Balaban J connectivity index is 0.00000242. The smallest absolute Gasteiger partial charge is 0.349 e. The van der Waals surface area contributed by atoms with Gasteiger partial charge in [-0.3, -0.25) is 4.79 Å². The lowest BCUT2D eigenvalue weighted by Gasteiger charge is -2.14. The van der Waals surface area contributed by atoms with Gasteiger partial charge >= 0.3 is 6.18 Å². The number of carbonyl (C=O) groups is 1. The van der Waals surface area contributed by atoms with Crippen LogP contribution >= 0.6 is 11.3 Å². The molecule has 2 rings (SSSR count). The van der Waals surface area contributed by atoms with E-state index in [0.29, 0.717) is 6.42 Å². The van der Waals surface area contributed by atoms with Crippen molar-refractivity contribution in [2.24, 2.45) is 0 Å². The molecule has 1 heterocycles. The van der Waals surface area contributed by atoms with Crippen molar-refractivity contribution in [1.82, 2.24) is 5.32 Å². The molecule has 1 aromatic carbocycles. The van der Waals surface area contributed by atoms with E-state index in [9.17, 15) is 18.0 Å². The van der Waals surface area contributed by atoms with Crippen LogP contribution in [0.3, 0.4) is 0 Å². The molecule has 0 aliphatic heterocycles. The molecular formula is C16H18F3NOS. The van der Waals surface area contributed by atoms with Crippen LogP contribution in [0.4, 0.5) is 13.2 Å². The van der Waals surface area contributed by atoms with Gasteiger partial charge in [0.15, 0.2) is 0 Å². The number of thiophene rings is 1. The maximum Gasteiger partial charge on any atom is 0.416 e. The number of carbonyl (C=O) groups excluding carboxylic acids is 1. The first kappa shape index (κ1) is 18.2. The van der Waals surface area contributed by atoms with E-state index in [2.05, 4.69) is 5.32 Å². The first-order valence-corrected chi connectivity index (χ1v) is 7.25. The van der Waals surface area contributed by atoms with Crippen LogP contribution in [0, 0.1) is 0 Å². The van der Waals surface area contributed by atoms with Crippen LogP contribution in [0.1, 0.15) is 35.1 Å². The van der Waals surface area contributed by atoms with Crippen LogP contribution in [0.15, 0.2) is 41.8 Å². The van der Waals surface area contributed by atoms with Crippen molar-refractivity contribution in [3.63, 3.8) is 0 Å². The Hall–Kier alpha value is -1.82. The number of hydrogen-bond acceptors (Lipinski definition) is 2. The molecule has 0 saturated heterocycles. The highest BCUT2D eigenvalue weighted by Crippen LogP contribution is 2.29. The van der Waals surface area contributed by atoms with Gasteiger partial charge in [0.05, 0.1) is 5.56 Å². The fourth-order valence-electron chi connectivity index (χ4n) is 1.93. The maximum atomic E-state index is 12.6. The molecule has 0 bridgehead atoms. The molecule has 1 atom stereocenters. The minimum atomic E-state index is -4.45. The number of benzene rings is 1. The van der Waals surface area contributed by atoms with Crippen LogP contribution in [0.2, 0.25) is 0 Å². The molecule has 0 radical (unpaired) electrons. The summed E-state index contributed by atoms with van der Waals surface area (Å²) in [7, 11) is 0. The van der Waals surface area contributed by atoms with Gasteiger partial charge in [-0.05, 0) is 36.6 Å². The van der Waals surface area contributed by atoms with Gasteiger partial charge in [-0.25, -0.2) is 0 Å². The summed E-state index contributed by atoms with van der Waals surface area (Å²) >= 11 is 1.58. The van der Waals surface area contributed by atoms with E-state index < -0.39 is 17.6 Å². The molecule has 0 aliphatic carbocycles. The van der Waals surface area contributed by atoms with Gasteiger partial charge < -0.3 is 5.32 Å². The van der Waals surface area contributed by atoms with E-state index in [1.54, 1.807) is 11.3 Å². The molecule has 2 nitrogen and oxygen atoms in total. The molecule has 1 amide bonds. The van der Waals surface area contributed by atoms with Gasteiger partial charge in [-0.1, -0.05) is 19.6 Å². The second-order valence-corrected chi connectivity index (χ2v) is 5.77. The Labute approximate surface area is 132 Å². The highest BCUT2D eigenvalue weighted by Gasteiger charge is 2.30. The number of alkyl halides is 3. The highest BCUT2D eigenvalue weighted by atomic mass is 32.1. The molecule has 0 fully saturated rings. The molecular weight excluding hydrogens is 311 g/mol. The lowest BCUT2D eigenvalue weighted by molar-refractivity contribution is -0.137. The molecule has 1 N–H and O–H groups in total. The van der Waals surface area contributed by atoms with Crippen LogP contribution in [-0.4, -0.2) is 11.9 Å². The molecule has 2 aromatic rings. The van der Waals surface area contributed by atoms with Crippen molar-refractivity contribution in [2.45, 2.75) is 33.0 Å². The Morgan fingerprint density at radius 1 is 1.27 bits per heavy atom. The van der Waals surface area contributed by atoms with E-state index >= 15 is 0 Å². The number of nitrogens with one attached hydrogen (secondary N) is 1. The Morgan fingerprint density at radius 3 is 2.59 bits per heavy atom. The molecule has 0 saturated carbocycles. The van der Waals surface area contributed by atoms with Crippen LogP contribution in [0.25, 0.3) is 0 Å². The van der Waals surface area contributed by atoms with Crippen molar-refractivity contribution in [3.8, 4) is 0 Å². The second-order valence-electron chi connectivity index (χ2n) is 4.74. The van der Waals surface area contributed by atoms with Gasteiger partial charge in [0.25, 0.3) is 5.91 Å². The average molecular weight is 329 g/mol. The van der Waals surface area contributed by atoms with Gasteiger partial charge in [-0.2, -0.15) is 13.2 Å². The van der Waals surface area contributed by atoms with Crippen molar-refractivity contribution in [2.75, 3.05) is 0 Å². The predicted octanol–water partition coefficient (Wildman–Crippen LogP) is 4.76. The Kier molecular flexibility index (Phi) is 6.17. The third-order valence-electron chi connectivity index (χ3n) is 2.92. The molecule has 0 spiro atoms. The van der Waals surface area contributed by atoms with Gasteiger partial charge in [-0.15, -0.1) is 11.3 Å². The Morgan fingerprint density at radius 2 is 2.00 bits per heavy atom. The molecule has 1 aromatic heterocycles. The maximum absolute atomic E-state index is 12.6. The zero-order valence-corrected chi connectivity index (χ0v) is 12.1. The van der Waals surface area contributed by atoms with Crippen molar-refractivity contribution in [3.05, 3.63) is 57.8 Å². The van der Waals surface area contributed by atoms with Gasteiger partial charge in [0, 0.05) is 22.9 Å². The summed E-state index contributed by atoms with van der Waals surface area (Å²) in [5.41, 5.74) is -0.802. The van der Waals surface area contributed by atoms with E-state index in [1.165, 1.54) is 12.1 Å². The summed E-state index contributed by atoms with van der Waals surface area (Å²) < 4.78 is 37.8. The molecule has 6 heteroatoms. The van der Waals surface area contributed by atoms with E-state index in [0.717, 1.165) is 17.0 Å². The fourth-order valence-corrected chi connectivity index (χ4v) is 2.76. The summed E-state index contributed by atoms with van der Waals surface area (Å²) in [6, 6.07) is 8.16. The first-order valence-electron chi connectivity index (χ1n) is 6.37. The minimum absolute atomic E-state index is 0. The lowest BCUT2D eigenvalue weighted by Crippen LogP contribution is -2.34. The lowest BCUT2D eigenvalue weighted by atomic mass is 10.1. The van der Waals surface area contributed by atoms with Crippen molar-refractivity contribution >= 4 is 17.2 Å². The highest BCUT2D eigenvalue weighted by molar-refractivity contribution is 7.09. The van der Waals surface area contributed by atoms with Gasteiger partial charge in [0.1, 0.15) is 0 Å². The first-order chi connectivity index (χ1) is 9.86. The third-order valence-corrected chi connectivity index (χ3v) is 3.82. The predicted molar refractivity (Wildman–Crippen MR) is 83.1 cm³/mol. The van der Waals surface area contributed by atoms with Crippen LogP contribution in [-0.2, 0) is 12.6 Å². The molecule has 22 heavy (non-hydrogen) atoms. The minimum Gasteiger partial charge on any atom is -0.349 e. The standard InChI is InChI=1S/C15H14F3NOS.CH4/c1-10(8-13-6-3-7-21-13)19-14(20)11-4-2-5-12(9-11)15(16,17)18;/h2-7,9-10H,8H2,1H3,(H,19,20);1H4/t10-;/m1./s1. The van der Waals surface area contributed by atoms with E-state index in [1.807, 2.05) is 24.4 Å². The topological polar surface area (TPSA) is 29.1 Å². The fraction of sp³-hybridized carbons (Fsp3) is 0.312. The van der Waals surface area contributed by atoms with E-state index in [4.69, 9.17) is 0 Å². The Bertz CT molecular complexity index is 608. The zero-order valence-electron chi connectivity index (χ0n) is 11.3. The zero-order chi connectivity index (χ0) is 15.5. The number of halogens is 3. The van der Waals surface area contributed by atoms with Gasteiger partial charge in [0.2, 0.25) is 0 Å². The number of hydrogen-bond donors (Lipinski definition) is 1. The molecule has 0 aliphatic rings. The average Bonchev–Trinajstić information content (AvgIpc) is 2.90. The van der Waals surface area contributed by atoms with Crippen molar-refractivity contribution in [1.29, 1.82) is 0 Å². The largest absolute Gasteiger partial charge is 0.416 e. The quantitative estimate of drug-likeness (QED) is 0.860.